The lowest BCUT2D eigenvalue weighted by molar-refractivity contribution is -0.167. The predicted molar refractivity (Wildman–Crippen MR) is 247 cm³/mol. The summed E-state index contributed by atoms with van der Waals surface area (Å²) in [6.07, 6.45) is 45.2. The molecule has 1 unspecified atom stereocenters. The zero-order chi connectivity index (χ0) is 42.6. The minimum absolute atomic E-state index is 0.0643. The summed E-state index contributed by atoms with van der Waals surface area (Å²) >= 11 is 0. The second-order valence-electron chi connectivity index (χ2n) is 18.5. The molecule has 0 aliphatic rings. The van der Waals surface area contributed by atoms with E-state index in [0.717, 1.165) is 69.6 Å². The molecule has 0 rings (SSSR count). The van der Waals surface area contributed by atoms with Crippen molar-refractivity contribution in [1.82, 2.24) is 0 Å². The van der Waals surface area contributed by atoms with Crippen molar-refractivity contribution in [2.45, 2.75) is 291 Å². The van der Waals surface area contributed by atoms with Crippen LogP contribution in [0.1, 0.15) is 285 Å². The van der Waals surface area contributed by atoms with Crippen molar-refractivity contribution < 1.29 is 28.6 Å². The highest BCUT2D eigenvalue weighted by molar-refractivity contribution is 5.71. The van der Waals surface area contributed by atoms with Crippen LogP contribution in [0.3, 0.4) is 0 Å². The molecule has 58 heavy (non-hydrogen) atoms. The lowest BCUT2D eigenvalue weighted by atomic mass is 9.99. The van der Waals surface area contributed by atoms with Gasteiger partial charge in [-0.05, 0) is 31.1 Å². The molecule has 0 aliphatic heterocycles. The standard InChI is InChI=1S/C52H100O6/c1-6-8-9-10-11-20-27-32-37-42-50(53)56-45-49(46-57-51(54)43-38-33-28-24-23-26-31-36-41-48(5)7-2)58-52(55)44-39-34-29-22-19-17-15-13-12-14-16-18-21-25-30-35-40-47(3)4/h47-49H,6-46H2,1-5H3/t48?,49-/m0/s1. The van der Waals surface area contributed by atoms with Gasteiger partial charge in [0.2, 0.25) is 0 Å². The molecule has 6 nitrogen and oxygen atoms in total. The van der Waals surface area contributed by atoms with Gasteiger partial charge in [0, 0.05) is 19.3 Å². The Balaban J connectivity index is 4.24. The van der Waals surface area contributed by atoms with Gasteiger partial charge >= 0.3 is 17.9 Å². The van der Waals surface area contributed by atoms with Gasteiger partial charge in [-0.2, -0.15) is 0 Å². The van der Waals surface area contributed by atoms with Crippen LogP contribution >= 0.6 is 0 Å². The molecule has 0 aromatic rings. The van der Waals surface area contributed by atoms with Gasteiger partial charge in [0.25, 0.3) is 0 Å². The third-order valence-corrected chi connectivity index (χ3v) is 12.1. The number of esters is 3. The highest BCUT2D eigenvalue weighted by Crippen LogP contribution is 2.18. The first-order valence-corrected chi connectivity index (χ1v) is 25.8. The second kappa shape index (κ2) is 44.9. The van der Waals surface area contributed by atoms with Gasteiger partial charge in [-0.3, -0.25) is 14.4 Å². The lowest BCUT2D eigenvalue weighted by Crippen LogP contribution is -2.30. The smallest absolute Gasteiger partial charge is 0.306 e. The molecule has 0 aliphatic carbocycles. The Hall–Kier alpha value is -1.59. The van der Waals surface area contributed by atoms with Crippen LogP contribution in [-0.2, 0) is 28.6 Å². The van der Waals surface area contributed by atoms with Crippen molar-refractivity contribution in [2.75, 3.05) is 13.2 Å². The van der Waals surface area contributed by atoms with Crippen LogP contribution in [-0.4, -0.2) is 37.2 Å². The van der Waals surface area contributed by atoms with Crippen LogP contribution in [0, 0.1) is 11.8 Å². The topological polar surface area (TPSA) is 78.9 Å². The molecule has 0 N–H and O–H groups in total. The van der Waals surface area contributed by atoms with E-state index in [1.54, 1.807) is 0 Å². The van der Waals surface area contributed by atoms with Crippen LogP contribution in [0.5, 0.6) is 0 Å². The first-order chi connectivity index (χ1) is 28.3. The molecule has 0 spiro atoms. The normalized spacial score (nSPS) is 12.5. The number of carbonyl (C=O) groups excluding carboxylic acids is 3. The maximum atomic E-state index is 12.8. The van der Waals surface area contributed by atoms with Gasteiger partial charge in [0.05, 0.1) is 0 Å². The number of rotatable bonds is 46. The van der Waals surface area contributed by atoms with Crippen molar-refractivity contribution in [3.8, 4) is 0 Å². The van der Waals surface area contributed by atoms with Crippen molar-refractivity contribution in [1.29, 1.82) is 0 Å². The van der Waals surface area contributed by atoms with Gasteiger partial charge in [-0.15, -0.1) is 0 Å². The summed E-state index contributed by atoms with van der Waals surface area (Å²) in [5, 5.41) is 0. The summed E-state index contributed by atoms with van der Waals surface area (Å²) in [4.78, 5) is 37.8. The van der Waals surface area contributed by atoms with Gasteiger partial charge < -0.3 is 14.2 Å². The van der Waals surface area contributed by atoms with E-state index in [2.05, 4.69) is 34.6 Å². The quantitative estimate of drug-likeness (QED) is 0.0346. The zero-order valence-electron chi connectivity index (χ0n) is 39.7. The SMILES string of the molecule is CCCCCCCCCCCC(=O)OC[C@@H](COC(=O)CCCCCCCCCCC(C)CC)OC(=O)CCCCCCCCCCCCCCCCCCC(C)C. The van der Waals surface area contributed by atoms with Crippen molar-refractivity contribution >= 4 is 17.9 Å². The van der Waals surface area contributed by atoms with Crippen LogP contribution in [0.2, 0.25) is 0 Å². The molecule has 6 heteroatoms. The lowest BCUT2D eigenvalue weighted by Gasteiger charge is -2.18. The third-order valence-electron chi connectivity index (χ3n) is 12.1. The molecule has 0 aromatic heterocycles. The molecule has 0 amide bonds. The summed E-state index contributed by atoms with van der Waals surface area (Å²) in [6, 6.07) is 0. The van der Waals surface area contributed by atoms with Gasteiger partial charge in [0.15, 0.2) is 6.10 Å². The summed E-state index contributed by atoms with van der Waals surface area (Å²) in [5.74, 6) is 0.847. The van der Waals surface area contributed by atoms with Gasteiger partial charge in [-0.1, -0.05) is 247 Å². The Labute approximate surface area is 361 Å². The van der Waals surface area contributed by atoms with Crippen LogP contribution in [0.15, 0.2) is 0 Å². The molecule has 0 aromatic carbocycles. The molecule has 344 valence electrons. The number of carbonyl (C=O) groups is 3. The van der Waals surface area contributed by atoms with Crippen molar-refractivity contribution in [2.24, 2.45) is 11.8 Å². The summed E-state index contributed by atoms with van der Waals surface area (Å²) in [5.41, 5.74) is 0. The minimum atomic E-state index is -0.761. The summed E-state index contributed by atoms with van der Waals surface area (Å²) in [6.45, 7) is 11.4. The molecule has 2 atom stereocenters. The summed E-state index contributed by atoms with van der Waals surface area (Å²) in [7, 11) is 0. The number of hydrogen-bond acceptors (Lipinski definition) is 6. The fourth-order valence-electron chi connectivity index (χ4n) is 7.78. The van der Waals surface area contributed by atoms with Crippen LogP contribution in [0.25, 0.3) is 0 Å². The van der Waals surface area contributed by atoms with Crippen molar-refractivity contribution in [3.05, 3.63) is 0 Å². The molecule has 0 saturated heterocycles. The van der Waals surface area contributed by atoms with Crippen molar-refractivity contribution in [3.63, 3.8) is 0 Å². The van der Waals surface area contributed by atoms with Crippen LogP contribution < -0.4 is 0 Å². The van der Waals surface area contributed by atoms with E-state index in [0.29, 0.717) is 19.3 Å². The minimum Gasteiger partial charge on any atom is -0.462 e. The van der Waals surface area contributed by atoms with E-state index < -0.39 is 6.10 Å². The average Bonchev–Trinajstić information content (AvgIpc) is 3.21. The van der Waals surface area contributed by atoms with Gasteiger partial charge in [0.1, 0.15) is 13.2 Å². The Morgan fingerprint density at radius 2 is 0.655 bits per heavy atom. The zero-order valence-corrected chi connectivity index (χ0v) is 39.7. The molecule has 0 bridgehead atoms. The van der Waals surface area contributed by atoms with Gasteiger partial charge in [-0.25, -0.2) is 0 Å². The fraction of sp³-hybridized carbons (Fsp3) is 0.942. The Kier molecular flexibility index (Phi) is 43.7. The van der Waals surface area contributed by atoms with E-state index in [1.165, 1.54) is 173 Å². The van der Waals surface area contributed by atoms with E-state index in [-0.39, 0.29) is 31.1 Å². The van der Waals surface area contributed by atoms with Crippen LogP contribution in [0.4, 0.5) is 0 Å². The monoisotopic (exact) mass is 821 g/mol. The number of hydrogen-bond donors (Lipinski definition) is 0. The molecular weight excluding hydrogens is 721 g/mol. The van der Waals surface area contributed by atoms with E-state index in [1.807, 2.05) is 0 Å². The molecule has 0 fully saturated rings. The second-order valence-corrected chi connectivity index (χ2v) is 18.5. The fourth-order valence-corrected chi connectivity index (χ4v) is 7.78. The third kappa shape index (κ3) is 44.0. The average molecular weight is 821 g/mol. The maximum Gasteiger partial charge on any atom is 0.306 e. The molecule has 0 saturated carbocycles. The summed E-state index contributed by atoms with van der Waals surface area (Å²) < 4.78 is 16.8. The van der Waals surface area contributed by atoms with E-state index in [4.69, 9.17) is 14.2 Å². The predicted octanol–water partition coefficient (Wildman–Crippen LogP) is 16.5. The largest absolute Gasteiger partial charge is 0.462 e. The first kappa shape index (κ1) is 56.4. The highest BCUT2D eigenvalue weighted by atomic mass is 16.6. The highest BCUT2D eigenvalue weighted by Gasteiger charge is 2.19. The van der Waals surface area contributed by atoms with E-state index >= 15 is 0 Å². The number of ether oxygens (including phenoxy) is 3. The molecule has 0 heterocycles. The Morgan fingerprint density at radius 3 is 0.983 bits per heavy atom. The number of unbranched alkanes of at least 4 members (excludes halogenated alkanes) is 30. The maximum absolute atomic E-state index is 12.8. The molecule has 0 radical (unpaired) electrons. The Bertz CT molecular complexity index is 887. The molecular formula is C52H100O6. The van der Waals surface area contributed by atoms with E-state index in [9.17, 15) is 14.4 Å². The first-order valence-electron chi connectivity index (χ1n) is 25.8. The Morgan fingerprint density at radius 1 is 0.362 bits per heavy atom.